The first-order valence-corrected chi connectivity index (χ1v) is 10.4. The quantitative estimate of drug-likeness (QED) is 0.494. The first-order valence-electron chi connectivity index (χ1n) is 8.94. The summed E-state index contributed by atoms with van der Waals surface area (Å²) in [5, 5.41) is 1.82. The van der Waals surface area contributed by atoms with E-state index in [1.807, 2.05) is 5.32 Å². The van der Waals surface area contributed by atoms with Gasteiger partial charge in [0.1, 0.15) is 0 Å². The molecule has 10 nitrogen and oxygen atoms in total. The number of primary amides is 1. The average molecular weight is 425 g/mol. The second kappa shape index (κ2) is 9.14. The number of ketones is 1. The Morgan fingerprint density at radius 3 is 2.38 bits per heavy atom. The van der Waals surface area contributed by atoms with Crippen LogP contribution >= 0.6 is 0 Å². The molecule has 1 aromatic carbocycles. The fraction of sp³-hybridized carbons (Fsp3) is 0.444. The number of piperidine rings is 1. The lowest BCUT2D eigenvalue weighted by Gasteiger charge is -2.30. The van der Waals surface area contributed by atoms with Crippen molar-refractivity contribution in [1.82, 2.24) is 9.62 Å². The highest BCUT2D eigenvalue weighted by molar-refractivity contribution is 7.89. The van der Waals surface area contributed by atoms with Crippen molar-refractivity contribution < 1.29 is 32.3 Å². The summed E-state index contributed by atoms with van der Waals surface area (Å²) in [5.41, 5.74) is 5.14. The van der Waals surface area contributed by atoms with Crippen LogP contribution in [0.4, 0.5) is 4.79 Å². The number of esters is 1. The molecule has 1 aliphatic heterocycles. The molecule has 3 amide bonds. The maximum atomic E-state index is 12.8. The molecule has 0 saturated carbocycles. The summed E-state index contributed by atoms with van der Waals surface area (Å²) in [7, 11) is -3.80. The Labute approximate surface area is 168 Å². The number of Topliss-reactive ketones (excluding diaryl/α,β-unsaturated/α-hetero) is 1. The number of nitrogens with zero attached hydrogens (tertiary/aromatic N) is 1. The maximum Gasteiger partial charge on any atom is 0.318 e. The molecular weight excluding hydrogens is 402 g/mol. The molecule has 1 atom stereocenters. The van der Waals surface area contributed by atoms with E-state index in [1.165, 1.54) is 36.4 Å². The van der Waals surface area contributed by atoms with Gasteiger partial charge in [-0.05, 0) is 38.8 Å². The predicted molar refractivity (Wildman–Crippen MR) is 101 cm³/mol. The fourth-order valence-electron chi connectivity index (χ4n) is 2.90. The molecule has 2 rings (SSSR count). The van der Waals surface area contributed by atoms with Crippen LogP contribution < -0.4 is 11.1 Å². The molecule has 1 aromatic rings. The van der Waals surface area contributed by atoms with Gasteiger partial charge in [0.05, 0.1) is 10.8 Å². The summed E-state index contributed by atoms with van der Waals surface area (Å²) in [6.07, 6.45) is -0.769. The largest absolute Gasteiger partial charge is 0.452 e. The number of hydrogen-bond donors (Lipinski definition) is 2. The molecule has 3 N–H and O–H groups in total. The number of ether oxygens (including phenoxy) is 1. The lowest BCUT2D eigenvalue weighted by molar-refractivity contribution is -0.159. The molecule has 0 radical (unpaired) electrons. The van der Waals surface area contributed by atoms with Crippen LogP contribution in [-0.2, 0) is 24.3 Å². The minimum Gasteiger partial charge on any atom is -0.452 e. The summed E-state index contributed by atoms with van der Waals surface area (Å²) >= 11 is 0. The second-order valence-corrected chi connectivity index (χ2v) is 8.63. The van der Waals surface area contributed by atoms with Gasteiger partial charge in [0.2, 0.25) is 10.0 Å². The fourth-order valence-corrected chi connectivity index (χ4v) is 4.42. The van der Waals surface area contributed by atoms with Gasteiger partial charge in [-0.25, -0.2) is 13.2 Å². The number of hydrogen-bond acceptors (Lipinski definition) is 7. The Morgan fingerprint density at radius 1 is 1.21 bits per heavy atom. The van der Waals surface area contributed by atoms with Gasteiger partial charge >= 0.3 is 12.0 Å². The van der Waals surface area contributed by atoms with Gasteiger partial charge in [-0.2, -0.15) is 4.31 Å². The van der Waals surface area contributed by atoms with Crippen molar-refractivity contribution >= 4 is 33.7 Å². The van der Waals surface area contributed by atoms with E-state index in [9.17, 15) is 27.6 Å². The molecule has 0 aliphatic carbocycles. The molecule has 0 unspecified atom stereocenters. The third-order valence-corrected chi connectivity index (χ3v) is 6.47. The SMILES string of the molecule is CC(=O)c1cccc(S(=O)(=O)N2CCC(C(=O)O[C@@H](C)C(=O)NC(N)=O)CC2)c1. The monoisotopic (exact) mass is 425 g/mol. The van der Waals surface area contributed by atoms with Gasteiger partial charge in [-0.3, -0.25) is 19.7 Å². The summed E-state index contributed by atoms with van der Waals surface area (Å²) in [6, 6.07) is 4.74. The lowest BCUT2D eigenvalue weighted by Crippen LogP contribution is -2.44. The third kappa shape index (κ3) is 5.61. The van der Waals surface area contributed by atoms with Gasteiger partial charge in [-0.1, -0.05) is 12.1 Å². The topological polar surface area (TPSA) is 153 Å². The lowest BCUT2D eigenvalue weighted by atomic mass is 9.98. The summed E-state index contributed by atoms with van der Waals surface area (Å²) in [4.78, 5) is 46.0. The zero-order valence-electron chi connectivity index (χ0n) is 16.1. The number of rotatable bonds is 6. The van der Waals surface area contributed by atoms with E-state index in [1.54, 1.807) is 6.07 Å². The van der Waals surface area contributed by atoms with E-state index in [0.29, 0.717) is 5.56 Å². The minimum absolute atomic E-state index is 0.0166. The molecule has 1 fully saturated rings. The van der Waals surface area contributed by atoms with Gasteiger partial charge in [-0.15, -0.1) is 0 Å². The van der Waals surface area contributed by atoms with E-state index in [-0.39, 0.29) is 36.6 Å². The Bertz CT molecular complexity index is 921. The van der Waals surface area contributed by atoms with Crippen molar-refractivity contribution in [3.05, 3.63) is 29.8 Å². The van der Waals surface area contributed by atoms with Crippen LogP contribution in [0.2, 0.25) is 0 Å². The molecule has 158 valence electrons. The number of nitrogens with two attached hydrogens (primary N) is 1. The Hall–Kier alpha value is -2.79. The van der Waals surface area contributed by atoms with Crippen LogP contribution in [0.5, 0.6) is 0 Å². The van der Waals surface area contributed by atoms with Gasteiger partial charge in [0.15, 0.2) is 11.9 Å². The summed E-state index contributed by atoms with van der Waals surface area (Å²) in [6.45, 7) is 2.84. The van der Waals surface area contributed by atoms with Gasteiger partial charge < -0.3 is 10.5 Å². The maximum absolute atomic E-state index is 12.8. The van der Waals surface area contributed by atoms with Crippen molar-refractivity contribution in [2.24, 2.45) is 11.7 Å². The number of amides is 3. The van der Waals surface area contributed by atoms with E-state index >= 15 is 0 Å². The molecule has 1 saturated heterocycles. The smallest absolute Gasteiger partial charge is 0.318 e. The third-order valence-electron chi connectivity index (χ3n) is 4.57. The molecule has 1 heterocycles. The second-order valence-electron chi connectivity index (χ2n) is 6.69. The number of nitrogens with one attached hydrogen (secondary N) is 1. The first-order chi connectivity index (χ1) is 13.5. The molecular formula is C18H23N3O7S. The van der Waals surface area contributed by atoms with Crippen molar-refractivity contribution in [2.75, 3.05) is 13.1 Å². The highest BCUT2D eigenvalue weighted by Gasteiger charge is 2.34. The van der Waals surface area contributed by atoms with Crippen LogP contribution in [0, 0.1) is 5.92 Å². The average Bonchev–Trinajstić information content (AvgIpc) is 2.67. The standard InChI is InChI=1S/C18H23N3O7S/c1-11(22)14-4-3-5-15(10-14)29(26,27)21-8-6-13(7-9-21)17(24)28-12(2)16(23)20-18(19)25/h3-5,10,12-13H,6-9H2,1-2H3,(H3,19,20,23,25)/t12-/m0/s1. The Balaban J connectivity index is 1.98. The molecule has 0 aromatic heterocycles. The van der Waals surface area contributed by atoms with E-state index < -0.39 is 40.0 Å². The van der Waals surface area contributed by atoms with E-state index in [0.717, 1.165) is 0 Å². The first kappa shape index (κ1) is 22.5. The van der Waals surface area contributed by atoms with Crippen molar-refractivity contribution in [3.8, 4) is 0 Å². The van der Waals surface area contributed by atoms with Crippen LogP contribution in [0.3, 0.4) is 0 Å². The van der Waals surface area contributed by atoms with Gasteiger partial charge in [0, 0.05) is 18.7 Å². The van der Waals surface area contributed by atoms with Crippen molar-refractivity contribution in [2.45, 2.75) is 37.7 Å². The summed E-state index contributed by atoms with van der Waals surface area (Å²) in [5.74, 6) is -2.30. The zero-order chi connectivity index (χ0) is 21.8. The Kier molecular flexibility index (Phi) is 7.09. The molecule has 11 heteroatoms. The number of sulfonamides is 1. The number of carbonyl (C=O) groups excluding carboxylic acids is 4. The van der Waals surface area contributed by atoms with E-state index in [2.05, 4.69) is 0 Å². The van der Waals surface area contributed by atoms with Gasteiger partial charge in [0.25, 0.3) is 5.91 Å². The number of carbonyl (C=O) groups is 4. The number of urea groups is 1. The molecule has 0 spiro atoms. The highest BCUT2D eigenvalue weighted by atomic mass is 32.2. The van der Waals surface area contributed by atoms with Crippen LogP contribution in [0.1, 0.15) is 37.0 Å². The molecule has 1 aliphatic rings. The van der Waals surface area contributed by atoms with Crippen LogP contribution in [-0.4, -0.2) is 55.6 Å². The highest BCUT2D eigenvalue weighted by Crippen LogP contribution is 2.25. The van der Waals surface area contributed by atoms with Crippen molar-refractivity contribution in [3.63, 3.8) is 0 Å². The van der Waals surface area contributed by atoms with E-state index in [4.69, 9.17) is 10.5 Å². The normalized spacial score (nSPS) is 16.6. The number of benzene rings is 1. The molecule has 0 bridgehead atoms. The van der Waals surface area contributed by atoms with Crippen LogP contribution in [0.15, 0.2) is 29.2 Å². The van der Waals surface area contributed by atoms with Crippen molar-refractivity contribution in [1.29, 1.82) is 0 Å². The molecule has 29 heavy (non-hydrogen) atoms. The van der Waals surface area contributed by atoms with Crippen LogP contribution in [0.25, 0.3) is 0 Å². The summed E-state index contributed by atoms with van der Waals surface area (Å²) < 4.78 is 31.9. The predicted octanol–water partition coefficient (Wildman–Crippen LogP) is 0.417. The Morgan fingerprint density at radius 2 is 1.83 bits per heavy atom. The number of imide groups is 1. The zero-order valence-corrected chi connectivity index (χ0v) is 16.9. The minimum atomic E-state index is -3.80.